The summed E-state index contributed by atoms with van der Waals surface area (Å²) in [5.41, 5.74) is -0.742. The second-order valence-electron chi connectivity index (χ2n) is 7.98. The van der Waals surface area contributed by atoms with Crippen molar-refractivity contribution in [3.8, 4) is 0 Å². The van der Waals surface area contributed by atoms with Crippen LogP contribution >= 0.6 is 7.60 Å². The van der Waals surface area contributed by atoms with Crippen molar-refractivity contribution in [1.29, 1.82) is 0 Å². The molecule has 1 N–H and O–H groups in total. The molecule has 0 saturated carbocycles. The minimum absolute atomic E-state index is 0.0112. The maximum atomic E-state index is 13.1. The Hall–Kier alpha value is -1.48. The van der Waals surface area contributed by atoms with E-state index in [1.807, 2.05) is 0 Å². The van der Waals surface area contributed by atoms with E-state index in [4.69, 9.17) is 18.5 Å². The van der Waals surface area contributed by atoms with Crippen molar-refractivity contribution in [2.24, 2.45) is 11.3 Å². The van der Waals surface area contributed by atoms with Crippen molar-refractivity contribution in [3.63, 3.8) is 0 Å². The van der Waals surface area contributed by atoms with Crippen molar-refractivity contribution in [2.45, 2.75) is 45.8 Å². The third-order valence-corrected chi connectivity index (χ3v) is 6.82. The van der Waals surface area contributed by atoms with Crippen LogP contribution in [0.2, 0.25) is 0 Å². The van der Waals surface area contributed by atoms with Crippen LogP contribution in [0.1, 0.15) is 33.6 Å². The van der Waals surface area contributed by atoms with Crippen LogP contribution in [0.5, 0.6) is 0 Å². The first-order chi connectivity index (χ1) is 13.6. The summed E-state index contributed by atoms with van der Waals surface area (Å²) in [5, 5.41) is 2.59. The summed E-state index contributed by atoms with van der Waals surface area (Å²) in [7, 11) is -2.44. The minimum atomic E-state index is -3.70. The lowest BCUT2D eigenvalue weighted by molar-refractivity contribution is -0.152. The maximum absolute atomic E-state index is 13.1. The van der Waals surface area contributed by atoms with Crippen LogP contribution in [0.25, 0.3) is 0 Å². The van der Waals surface area contributed by atoms with Gasteiger partial charge in [0, 0.05) is 18.4 Å². The zero-order valence-corrected chi connectivity index (χ0v) is 18.2. The lowest BCUT2D eigenvalue weighted by Crippen LogP contribution is -2.50. The van der Waals surface area contributed by atoms with E-state index in [-0.39, 0.29) is 31.8 Å². The molecule has 0 aromatic carbocycles. The van der Waals surface area contributed by atoms with Gasteiger partial charge in [-0.3, -0.25) is 23.5 Å². The molecule has 11 heteroatoms. The molecule has 2 rings (SSSR count). The highest BCUT2D eigenvalue weighted by Crippen LogP contribution is 2.57. The zero-order valence-electron chi connectivity index (χ0n) is 17.3. The van der Waals surface area contributed by atoms with Gasteiger partial charge in [0.1, 0.15) is 6.10 Å². The lowest BCUT2D eigenvalue weighted by Gasteiger charge is -2.40. The van der Waals surface area contributed by atoms with Gasteiger partial charge in [-0.2, -0.15) is 0 Å². The van der Waals surface area contributed by atoms with Gasteiger partial charge in [-0.25, -0.2) is 0 Å². The Morgan fingerprint density at radius 3 is 2.66 bits per heavy atom. The standard InChI is InChI=1S/C18H30NO9P/c1-12(17(22)27-13-6-8-25-9-13)10-29(23)26-11-18(2,3)15(28-29)16(21)19-7-5-14(20)24-4/h12-13,15H,5-11H2,1-4H3,(H,19,21)/t12-,13?,15+,29?/m1/s1. The largest absolute Gasteiger partial charge is 0.469 e. The molecule has 0 bridgehead atoms. The van der Waals surface area contributed by atoms with Crippen LogP contribution in [0.15, 0.2) is 0 Å². The molecule has 2 saturated heterocycles. The summed E-state index contributed by atoms with van der Waals surface area (Å²) in [6.07, 6.45) is -0.901. The zero-order chi connectivity index (χ0) is 21.7. The normalized spacial score (nSPS) is 29.7. The monoisotopic (exact) mass is 435 g/mol. The summed E-state index contributed by atoms with van der Waals surface area (Å²) in [6.45, 7) is 6.06. The number of carbonyl (C=O) groups is 3. The maximum Gasteiger partial charge on any atom is 0.332 e. The Morgan fingerprint density at radius 1 is 1.31 bits per heavy atom. The number of amides is 1. The molecule has 2 aliphatic heterocycles. The molecule has 2 fully saturated rings. The molecule has 0 aromatic heterocycles. The second kappa shape index (κ2) is 10.0. The fourth-order valence-electron chi connectivity index (χ4n) is 2.95. The second-order valence-corrected chi connectivity index (χ2v) is 10.0. The van der Waals surface area contributed by atoms with E-state index in [9.17, 15) is 18.9 Å². The first-order valence-corrected chi connectivity index (χ1v) is 11.3. The van der Waals surface area contributed by atoms with Gasteiger partial charge in [0.25, 0.3) is 0 Å². The summed E-state index contributed by atoms with van der Waals surface area (Å²) >= 11 is 0. The Morgan fingerprint density at radius 2 is 2.03 bits per heavy atom. The first-order valence-electron chi connectivity index (χ1n) is 9.61. The van der Waals surface area contributed by atoms with E-state index in [1.165, 1.54) is 7.11 Å². The van der Waals surface area contributed by atoms with Gasteiger partial charge in [-0.15, -0.1) is 0 Å². The summed E-state index contributed by atoms with van der Waals surface area (Å²) in [6, 6.07) is 0. The number of ether oxygens (including phenoxy) is 3. The molecule has 4 atom stereocenters. The fraction of sp³-hybridized carbons (Fsp3) is 0.833. The highest BCUT2D eigenvalue weighted by Gasteiger charge is 2.48. The van der Waals surface area contributed by atoms with E-state index < -0.39 is 42.9 Å². The quantitative estimate of drug-likeness (QED) is 0.443. The highest BCUT2D eigenvalue weighted by atomic mass is 31.2. The summed E-state index contributed by atoms with van der Waals surface area (Å²) in [4.78, 5) is 36.0. The molecular weight excluding hydrogens is 405 g/mol. The smallest absolute Gasteiger partial charge is 0.332 e. The van der Waals surface area contributed by atoms with Crippen LogP contribution in [0, 0.1) is 11.3 Å². The molecule has 166 valence electrons. The van der Waals surface area contributed by atoms with Gasteiger partial charge in [0.15, 0.2) is 6.10 Å². The Kier molecular flexibility index (Phi) is 8.22. The van der Waals surface area contributed by atoms with E-state index in [1.54, 1.807) is 20.8 Å². The molecule has 2 aliphatic rings. The predicted octanol–water partition coefficient (Wildman–Crippen LogP) is 1.27. The van der Waals surface area contributed by atoms with Crippen LogP contribution in [0.3, 0.4) is 0 Å². The van der Waals surface area contributed by atoms with E-state index >= 15 is 0 Å². The number of hydrogen-bond donors (Lipinski definition) is 1. The predicted molar refractivity (Wildman–Crippen MR) is 101 cm³/mol. The van der Waals surface area contributed by atoms with Gasteiger partial charge < -0.3 is 24.1 Å². The first kappa shape index (κ1) is 23.8. The Labute approximate surface area is 170 Å². The van der Waals surface area contributed by atoms with Crippen molar-refractivity contribution < 1.29 is 42.2 Å². The average Bonchev–Trinajstić information content (AvgIpc) is 3.16. The topological polar surface area (TPSA) is 126 Å². The molecule has 29 heavy (non-hydrogen) atoms. The van der Waals surface area contributed by atoms with Gasteiger partial charge in [0.2, 0.25) is 5.91 Å². The summed E-state index contributed by atoms with van der Waals surface area (Å²) < 4.78 is 39.2. The average molecular weight is 435 g/mol. The number of esters is 2. The minimum Gasteiger partial charge on any atom is -0.469 e. The number of rotatable bonds is 8. The Bertz CT molecular complexity index is 660. The van der Waals surface area contributed by atoms with E-state index in [2.05, 4.69) is 10.1 Å². The molecule has 0 aromatic rings. The fourth-order valence-corrected chi connectivity index (χ4v) is 5.26. The third kappa shape index (κ3) is 6.77. The SMILES string of the molecule is COC(=O)CCNC(=O)[C@@H]1OP(=O)(C[C@@H](C)C(=O)OC2CCOC2)OCC1(C)C. The van der Waals surface area contributed by atoms with Crippen molar-refractivity contribution in [3.05, 3.63) is 0 Å². The van der Waals surface area contributed by atoms with E-state index in [0.717, 1.165) is 0 Å². The number of carbonyl (C=O) groups excluding carboxylic acids is 3. The van der Waals surface area contributed by atoms with Crippen molar-refractivity contribution in [1.82, 2.24) is 5.32 Å². The molecular formula is C18H30NO9P. The van der Waals surface area contributed by atoms with Crippen LogP contribution in [-0.2, 0) is 42.2 Å². The van der Waals surface area contributed by atoms with Crippen molar-refractivity contribution >= 4 is 25.4 Å². The van der Waals surface area contributed by atoms with Gasteiger partial charge in [-0.1, -0.05) is 20.8 Å². The lowest BCUT2D eigenvalue weighted by atomic mass is 9.87. The van der Waals surface area contributed by atoms with Crippen molar-refractivity contribution in [2.75, 3.05) is 39.6 Å². The third-order valence-electron chi connectivity index (χ3n) is 4.77. The summed E-state index contributed by atoms with van der Waals surface area (Å²) in [5.74, 6) is -2.19. The van der Waals surface area contributed by atoms with Gasteiger partial charge in [-0.05, 0) is 0 Å². The number of nitrogens with one attached hydrogen (secondary N) is 1. The van der Waals surface area contributed by atoms with Crippen LogP contribution in [0.4, 0.5) is 0 Å². The van der Waals surface area contributed by atoms with Crippen LogP contribution in [-0.4, -0.2) is 69.7 Å². The molecule has 0 aliphatic carbocycles. The molecule has 10 nitrogen and oxygen atoms in total. The number of methoxy groups -OCH3 is 1. The molecule has 2 unspecified atom stereocenters. The molecule has 2 heterocycles. The van der Waals surface area contributed by atoms with Gasteiger partial charge in [0.05, 0.1) is 45.4 Å². The van der Waals surface area contributed by atoms with Gasteiger partial charge >= 0.3 is 19.5 Å². The molecule has 0 radical (unpaired) electrons. The molecule has 0 spiro atoms. The molecule has 1 amide bonds. The van der Waals surface area contributed by atoms with Crippen LogP contribution < -0.4 is 5.32 Å². The highest BCUT2D eigenvalue weighted by molar-refractivity contribution is 7.54. The number of hydrogen-bond acceptors (Lipinski definition) is 9. The van der Waals surface area contributed by atoms with E-state index in [0.29, 0.717) is 19.6 Å². The Balaban J connectivity index is 1.94.